The number of hydrogen-bond acceptors (Lipinski definition) is 2. The first-order valence-electron chi connectivity index (χ1n) is 6.86. The van der Waals surface area contributed by atoms with Crippen LogP contribution in [0, 0.1) is 19.8 Å². The molecule has 4 heteroatoms. The second kappa shape index (κ2) is 8.16. The molecule has 0 aliphatic heterocycles. The van der Waals surface area contributed by atoms with Crippen LogP contribution < -0.4 is 5.32 Å². The molecule has 3 nitrogen and oxygen atoms in total. The first-order valence-corrected chi connectivity index (χ1v) is 7.40. The molecular weight excluding hydrogens is 260 g/mol. The maximum atomic E-state index is 12.1. The fourth-order valence-electron chi connectivity index (χ4n) is 2.17. The van der Waals surface area contributed by atoms with E-state index in [0.717, 1.165) is 30.7 Å². The maximum Gasteiger partial charge on any atom is 0.253 e. The molecule has 0 aliphatic carbocycles. The van der Waals surface area contributed by atoms with Crippen molar-refractivity contribution in [1.82, 2.24) is 10.3 Å². The third-order valence-electron chi connectivity index (χ3n) is 3.24. The lowest BCUT2D eigenvalue weighted by atomic mass is 10.0. The number of pyridine rings is 1. The second-order valence-corrected chi connectivity index (χ2v) is 5.31. The standard InChI is InChI=1S/C15H23ClN2O/c1-4-5-13(8-9-16)10-17-15(19)14-7-6-11(2)18-12(14)3/h6-7,13H,4-5,8-10H2,1-3H3,(H,17,19). The van der Waals surface area contributed by atoms with Gasteiger partial charge in [0.1, 0.15) is 0 Å². The number of carbonyl (C=O) groups excluding carboxylic acids is 1. The van der Waals surface area contributed by atoms with Crippen LogP contribution in [0.2, 0.25) is 0 Å². The van der Waals surface area contributed by atoms with Crippen LogP contribution in [0.3, 0.4) is 0 Å². The van der Waals surface area contributed by atoms with Gasteiger partial charge in [0.15, 0.2) is 0 Å². The van der Waals surface area contributed by atoms with E-state index in [1.807, 2.05) is 26.0 Å². The molecule has 0 fully saturated rings. The van der Waals surface area contributed by atoms with Gasteiger partial charge in [-0.25, -0.2) is 0 Å². The van der Waals surface area contributed by atoms with E-state index in [1.54, 1.807) is 0 Å². The summed E-state index contributed by atoms with van der Waals surface area (Å²) in [6.45, 7) is 6.63. The lowest BCUT2D eigenvalue weighted by Crippen LogP contribution is -2.30. The molecule has 0 bridgehead atoms. The Labute approximate surface area is 120 Å². The van der Waals surface area contributed by atoms with Gasteiger partial charge in [0.2, 0.25) is 0 Å². The van der Waals surface area contributed by atoms with Gasteiger partial charge in [0, 0.05) is 18.1 Å². The molecule has 0 saturated carbocycles. The van der Waals surface area contributed by atoms with E-state index in [4.69, 9.17) is 11.6 Å². The predicted octanol–water partition coefficient (Wildman–Crippen LogP) is 3.47. The molecule has 0 radical (unpaired) electrons. The van der Waals surface area contributed by atoms with Crippen LogP contribution in [0.5, 0.6) is 0 Å². The molecule has 0 aromatic carbocycles. The van der Waals surface area contributed by atoms with E-state index in [-0.39, 0.29) is 5.91 Å². The Kier molecular flexibility index (Phi) is 6.85. The molecule has 0 spiro atoms. The molecule has 1 heterocycles. The van der Waals surface area contributed by atoms with Gasteiger partial charge in [-0.05, 0) is 44.7 Å². The number of alkyl halides is 1. The first-order chi connectivity index (χ1) is 9.08. The summed E-state index contributed by atoms with van der Waals surface area (Å²) in [5.74, 6) is 1.07. The van der Waals surface area contributed by atoms with Gasteiger partial charge >= 0.3 is 0 Å². The van der Waals surface area contributed by atoms with Gasteiger partial charge in [0.05, 0.1) is 11.3 Å². The van der Waals surface area contributed by atoms with E-state index in [0.29, 0.717) is 23.9 Å². The monoisotopic (exact) mass is 282 g/mol. The Morgan fingerprint density at radius 2 is 2.11 bits per heavy atom. The third-order valence-corrected chi connectivity index (χ3v) is 3.45. The van der Waals surface area contributed by atoms with E-state index >= 15 is 0 Å². The first kappa shape index (κ1) is 16.0. The molecule has 19 heavy (non-hydrogen) atoms. The highest BCUT2D eigenvalue weighted by Crippen LogP contribution is 2.12. The molecule has 1 aromatic rings. The second-order valence-electron chi connectivity index (χ2n) is 4.93. The number of nitrogens with one attached hydrogen (secondary N) is 1. The SMILES string of the molecule is CCCC(CCCl)CNC(=O)c1ccc(C)nc1C. The molecule has 1 aromatic heterocycles. The van der Waals surface area contributed by atoms with Crippen LogP contribution in [-0.2, 0) is 0 Å². The number of rotatable bonds is 7. The third kappa shape index (κ3) is 5.19. The number of nitrogens with zero attached hydrogens (tertiary/aromatic N) is 1. The summed E-state index contributed by atoms with van der Waals surface area (Å²) in [5, 5.41) is 2.99. The average Bonchev–Trinajstić information content (AvgIpc) is 2.36. The molecule has 106 valence electrons. The lowest BCUT2D eigenvalue weighted by molar-refractivity contribution is 0.0945. The highest BCUT2D eigenvalue weighted by molar-refractivity contribution is 6.17. The number of halogens is 1. The molecule has 1 rings (SSSR count). The molecule has 1 amide bonds. The topological polar surface area (TPSA) is 42.0 Å². The largest absolute Gasteiger partial charge is 0.352 e. The zero-order valence-corrected chi connectivity index (χ0v) is 12.8. The quantitative estimate of drug-likeness (QED) is 0.778. The van der Waals surface area contributed by atoms with Gasteiger partial charge < -0.3 is 5.32 Å². The minimum atomic E-state index is -0.0410. The fourth-order valence-corrected chi connectivity index (χ4v) is 2.48. The van der Waals surface area contributed by atoms with Crippen LogP contribution in [0.1, 0.15) is 47.9 Å². The number of carbonyl (C=O) groups is 1. The molecule has 1 atom stereocenters. The number of amides is 1. The van der Waals surface area contributed by atoms with Crippen molar-refractivity contribution in [2.24, 2.45) is 5.92 Å². The Hall–Kier alpha value is -1.09. The fraction of sp³-hybridized carbons (Fsp3) is 0.600. The van der Waals surface area contributed by atoms with Gasteiger partial charge in [-0.15, -0.1) is 11.6 Å². The molecule has 1 N–H and O–H groups in total. The zero-order valence-electron chi connectivity index (χ0n) is 12.0. The van der Waals surface area contributed by atoms with Crippen molar-refractivity contribution in [3.05, 3.63) is 29.1 Å². The summed E-state index contributed by atoms with van der Waals surface area (Å²) in [5.41, 5.74) is 2.37. The average molecular weight is 283 g/mol. The summed E-state index contributed by atoms with van der Waals surface area (Å²) in [6, 6.07) is 3.70. The van der Waals surface area contributed by atoms with Crippen molar-refractivity contribution in [3.63, 3.8) is 0 Å². The summed E-state index contributed by atoms with van der Waals surface area (Å²) in [4.78, 5) is 16.4. The lowest BCUT2D eigenvalue weighted by Gasteiger charge is -2.16. The number of hydrogen-bond donors (Lipinski definition) is 1. The molecule has 1 unspecified atom stereocenters. The molecule has 0 aliphatic rings. The highest BCUT2D eigenvalue weighted by Gasteiger charge is 2.13. The summed E-state index contributed by atoms with van der Waals surface area (Å²) < 4.78 is 0. The van der Waals surface area contributed by atoms with Crippen molar-refractivity contribution < 1.29 is 4.79 Å². The summed E-state index contributed by atoms with van der Waals surface area (Å²) in [7, 11) is 0. The number of aryl methyl sites for hydroxylation is 2. The van der Waals surface area contributed by atoms with E-state index < -0.39 is 0 Å². The Bertz CT molecular complexity index is 415. The smallest absolute Gasteiger partial charge is 0.253 e. The highest BCUT2D eigenvalue weighted by atomic mass is 35.5. The van der Waals surface area contributed by atoms with Crippen LogP contribution in [-0.4, -0.2) is 23.3 Å². The number of aromatic nitrogens is 1. The minimum Gasteiger partial charge on any atom is -0.352 e. The maximum absolute atomic E-state index is 12.1. The summed E-state index contributed by atoms with van der Waals surface area (Å²) in [6.07, 6.45) is 3.15. The Morgan fingerprint density at radius 1 is 1.37 bits per heavy atom. The predicted molar refractivity (Wildman–Crippen MR) is 79.8 cm³/mol. The summed E-state index contributed by atoms with van der Waals surface area (Å²) >= 11 is 5.78. The van der Waals surface area contributed by atoms with E-state index in [9.17, 15) is 4.79 Å². The molecular formula is C15H23ClN2O. The Morgan fingerprint density at radius 3 is 2.68 bits per heavy atom. The van der Waals surface area contributed by atoms with E-state index in [1.165, 1.54) is 0 Å². The van der Waals surface area contributed by atoms with Crippen LogP contribution >= 0.6 is 11.6 Å². The van der Waals surface area contributed by atoms with Gasteiger partial charge in [0.25, 0.3) is 5.91 Å². The van der Waals surface area contributed by atoms with Gasteiger partial charge in [-0.1, -0.05) is 13.3 Å². The van der Waals surface area contributed by atoms with Gasteiger partial charge in [-0.3, -0.25) is 9.78 Å². The van der Waals surface area contributed by atoms with Crippen molar-refractivity contribution >= 4 is 17.5 Å². The zero-order chi connectivity index (χ0) is 14.3. The van der Waals surface area contributed by atoms with Crippen LogP contribution in [0.15, 0.2) is 12.1 Å². The molecule has 0 saturated heterocycles. The Balaban J connectivity index is 2.58. The van der Waals surface area contributed by atoms with Crippen molar-refractivity contribution in [3.8, 4) is 0 Å². The van der Waals surface area contributed by atoms with E-state index in [2.05, 4.69) is 17.2 Å². The minimum absolute atomic E-state index is 0.0410. The normalized spacial score (nSPS) is 12.2. The van der Waals surface area contributed by atoms with Crippen LogP contribution in [0.25, 0.3) is 0 Å². The van der Waals surface area contributed by atoms with Crippen molar-refractivity contribution in [2.75, 3.05) is 12.4 Å². The van der Waals surface area contributed by atoms with Crippen molar-refractivity contribution in [2.45, 2.75) is 40.0 Å². The van der Waals surface area contributed by atoms with Crippen LogP contribution in [0.4, 0.5) is 0 Å². The van der Waals surface area contributed by atoms with Crippen molar-refractivity contribution in [1.29, 1.82) is 0 Å². The van der Waals surface area contributed by atoms with Gasteiger partial charge in [-0.2, -0.15) is 0 Å².